The van der Waals surface area contributed by atoms with E-state index in [9.17, 15) is 0 Å². The van der Waals surface area contributed by atoms with Gasteiger partial charge in [-0.15, -0.1) is 0 Å². The molecule has 0 aromatic carbocycles. The predicted octanol–water partition coefficient (Wildman–Crippen LogP) is 2.16. The van der Waals surface area contributed by atoms with Crippen molar-refractivity contribution in [2.75, 3.05) is 26.3 Å². The first-order valence-electron chi connectivity index (χ1n) is 7.88. The Labute approximate surface area is 111 Å². The van der Waals surface area contributed by atoms with Gasteiger partial charge in [-0.1, -0.05) is 19.3 Å². The zero-order valence-corrected chi connectivity index (χ0v) is 11.8. The molecular weight excluding hydrogens is 224 g/mol. The van der Waals surface area contributed by atoms with Crippen molar-refractivity contribution < 1.29 is 4.74 Å². The predicted molar refractivity (Wildman–Crippen MR) is 73.8 cm³/mol. The Morgan fingerprint density at radius 2 is 2.00 bits per heavy atom. The zero-order chi connectivity index (χ0) is 12.4. The largest absolute Gasteiger partial charge is 0.380 e. The molecule has 1 N–H and O–H groups in total. The molecular formula is C15H28N2O. The van der Waals surface area contributed by atoms with E-state index < -0.39 is 0 Å². The molecule has 0 aromatic rings. The summed E-state index contributed by atoms with van der Waals surface area (Å²) in [6, 6.07) is 1.35. The molecule has 2 heterocycles. The van der Waals surface area contributed by atoms with Gasteiger partial charge in [0.05, 0.1) is 6.61 Å². The van der Waals surface area contributed by atoms with Gasteiger partial charge in [-0.05, 0) is 32.6 Å². The van der Waals surface area contributed by atoms with Crippen LogP contribution in [0.3, 0.4) is 0 Å². The number of rotatable bonds is 1. The van der Waals surface area contributed by atoms with Gasteiger partial charge in [0.1, 0.15) is 0 Å². The molecule has 0 bridgehead atoms. The van der Waals surface area contributed by atoms with E-state index in [4.69, 9.17) is 4.74 Å². The van der Waals surface area contributed by atoms with Gasteiger partial charge in [0, 0.05) is 37.3 Å². The number of nitrogens with zero attached hydrogens (tertiary/aromatic N) is 1. The van der Waals surface area contributed by atoms with Crippen LogP contribution in [-0.2, 0) is 4.74 Å². The molecule has 3 aliphatic rings. The summed E-state index contributed by atoms with van der Waals surface area (Å²) in [7, 11) is 0. The highest BCUT2D eigenvalue weighted by molar-refractivity contribution is 5.00. The molecule has 0 aromatic heterocycles. The van der Waals surface area contributed by atoms with Crippen LogP contribution in [0.15, 0.2) is 0 Å². The van der Waals surface area contributed by atoms with Crippen LogP contribution in [0.5, 0.6) is 0 Å². The van der Waals surface area contributed by atoms with Crippen molar-refractivity contribution in [3.8, 4) is 0 Å². The summed E-state index contributed by atoms with van der Waals surface area (Å²) < 4.78 is 5.70. The van der Waals surface area contributed by atoms with E-state index in [0.29, 0.717) is 17.6 Å². The first kappa shape index (κ1) is 12.9. The molecule has 2 unspecified atom stereocenters. The summed E-state index contributed by atoms with van der Waals surface area (Å²) in [5.41, 5.74) is 0.433. The summed E-state index contributed by atoms with van der Waals surface area (Å²) in [5.74, 6) is 0. The van der Waals surface area contributed by atoms with Gasteiger partial charge < -0.3 is 10.1 Å². The van der Waals surface area contributed by atoms with Gasteiger partial charge in [0.25, 0.3) is 0 Å². The molecule has 104 valence electrons. The molecule has 1 saturated carbocycles. The molecule has 2 aliphatic heterocycles. The average Bonchev–Trinajstić information content (AvgIpc) is 2.44. The summed E-state index contributed by atoms with van der Waals surface area (Å²) in [6.45, 7) is 6.72. The number of piperazine rings is 1. The number of ether oxygens (including phenoxy) is 1. The van der Waals surface area contributed by atoms with E-state index in [1.165, 1.54) is 51.5 Å². The maximum atomic E-state index is 5.70. The van der Waals surface area contributed by atoms with Crippen LogP contribution in [0.25, 0.3) is 0 Å². The standard InChI is InChI=1S/C15H28N2O/c1-13-10-16-15(7-3-2-4-8-15)12-17(13)14-6-5-9-18-11-14/h13-14,16H,2-12H2,1H3. The van der Waals surface area contributed by atoms with E-state index in [2.05, 4.69) is 17.1 Å². The fourth-order valence-corrected chi connectivity index (χ4v) is 4.08. The zero-order valence-electron chi connectivity index (χ0n) is 11.8. The summed E-state index contributed by atoms with van der Waals surface area (Å²) in [5, 5.41) is 3.87. The Bertz CT molecular complexity index is 270. The normalized spacial score (nSPS) is 37.8. The first-order valence-corrected chi connectivity index (χ1v) is 7.88. The molecule has 3 fully saturated rings. The van der Waals surface area contributed by atoms with Crippen molar-refractivity contribution in [1.29, 1.82) is 0 Å². The minimum absolute atomic E-state index is 0.433. The highest BCUT2D eigenvalue weighted by Gasteiger charge is 2.41. The average molecular weight is 252 g/mol. The topological polar surface area (TPSA) is 24.5 Å². The van der Waals surface area contributed by atoms with E-state index in [1.54, 1.807) is 0 Å². The van der Waals surface area contributed by atoms with Crippen molar-refractivity contribution in [1.82, 2.24) is 10.2 Å². The van der Waals surface area contributed by atoms with E-state index in [1.807, 2.05) is 0 Å². The first-order chi connectivity index (χ1) is 8.79. The molecule has 2 atom stereocenters. The minimum Gasteiger partial charge on any atom is -0.380 e. The highest BCUT2D eigenvalue weighted by atomic mass is 16.5. The summed E-state index contributed by atoms with van der Waals surface area (Å²) in [4.78, 5) is 2.75. The van der Waals surface area contributed by atoms with Gasteiger partial charge in [-0.2, -0.15) is 0 Å². The van der Waals surface area contributed by atoms with Gasteiger partial charge >= 0.3 is 0 Å². The van der Waals surface area contributed by atoms with E-state index in [0.717, 1.165) is 19.8 Å². The Hall–Kier alpha value is -0.120. The molecule has 1 spiro atoms. The molecule has 0 radical (unpaired) electrons. The number of hydrogen-bond donors (Lipinski definition) is 1. The second-order valence-corrected chi connectivity index (χ2v) is 6.61. The van der Waals surface area contributed by atoms with Crippen LogP contribution < -0.4 is 5.32 Å². The second kappa shape index (κ2) is 5.48. The van der Waals surface area contributed by atoms with Crippen LogP contribution in [0.4, 0.5) is 0 Å². The van der Waals surface area contributed by atoms with Gasteiger partial charge in [-0.3, -0.25) is 4.90 Å². The second-order valence-electron chi connectivity index (χ2n) is 6.61. The molecule has 18 heavy (non-hydrogen) atoms. The fraction of sp³-hybridized carbons (Fsp3) is 1.00. The lowest BCUT2D eigenvalue weighted by atomic mass is 9.79. The third-order valence-corrected chi connectivity index (χ3v) is 5.24. The van der Waals surface area contributed by atoms with Crippen LogP contribution in [-0.4, -0.2) is 48.8 Å². The van der Waals surface area contributed by atoms with Crippen molar-refractivity contribution in [3.05, 3.63) is 0 Å². The lowest BCUT2D eigenvalue weighted by Crippen LogP contribution is -2.66. The Morgan fingerprint density at radius 1 is 1.17 bits per heavy atom. The van der Waals surface area contributed by atoms with Crippen molar-refractivity contribution in [2.24, 2.45) is 0 Å². The van der Waals surface area contributed by atoms with Crippen LogP contribution >= 0.6 is 0 Å². The fourth-order valence-electron chi connectivity index (χ4n) is 4.08. The Morgan fingerprint density at radius 3 is 2.72 bits per heavy atom. The smallest absolute Gasteiger partial charge is 0.0621 e. The molecule has 3 nitrogen and oxygen atoms in total. The third-order valence-electron chi connectivity index (χ3n) is 5.24. The summed E-state index contributed by atoms with van der Waals surface area (Å²) in [6.07, 6.45) is 9.60. The molecule has 2 saturated heterocycles. The quantitative estimate of drug-likeness (QED) is 0.774. The minimum atomic E-state index is 0.433. The lowest BCUT2D eigenvalue weighted by molar-refractivity contribution is -0.0328. The van der Waals surface area contributed by atoms with Crippen LogP contribution in [0, 0.1) is 0 Å². The SMILES string of the molecule is CC1CNC2(CCCCC2)CN1C1CCCOC1. The van der Waals surface area contributed by atoms with Crippen molar-refractivity contribution >= 4 is 0 Å². The molecule has 1 aliphatic carbocycles. The molecule has 3 heteroatoms. The molecule has 3 rings (SSSR count). The van der Waals surface area contributed by atoms with Crippen molar-refractivity contribution in [3.63, 3.8) is 0 Å². The highest BCUT2D eigenvalue weighted by Crippen LogP contribution is 2.33. The van der Waals surface area contributed by atoms with Gasteiger partial charge in [0.15, 0.2) is 0 Å². The monoisotopic (exact) mass is 252 g/mol. The molecule has 0 amide bonds. The van der Waals surface area contributed by atoms with Crippen LogP contribution in [0.2, 0.25) is 0 Å². The van der Waals surface area contributed by atoms with Crippen LogP contribution in [0.1, 0.15) is 51.9 Å². The van der Waals surface area contributed by atoms with Crippen molar-refractivity contribution in [2.45, 2.75) is 69.5 Å². The summed E-state index contributed by atoms with van der Waals surface area (Å²) >= 11 is 0. The van der Waals surface area contributed by atoms with E-state index in [-0.39, 0.29) is 0 Å². The number of nitrogens with one attached hydrogen (secondary N) is 1. The lowest BCUT2D eigenvalue weighted by Gasteiger charge is -2.51. The number of hydrogen-bond acceptors (Lipinski definition) is 3. The Balaban J connectivity index is 1.67. The van der Waals surface area contributed by atoms with Gasteiger partial charge in [-0.25, -0.2) is 0 Å². The maximum absolute atomic E-state index is 5.70. The maximum Gasteiger partial charge on any atom is 0.0621 e. The van der Waals surface area contributed by atoms with E-state index >= 15 is 0 Å². The third kappa shape index (κ3) is 2.59. The van der Waals surface area contributed by atoms with Gasteiger partial charge in [0.2, 0.25) is 0 Å². The Kier molecular flexibility index (Phi) is 3.92.